The zero-order chi connectivity index (χ0) is 10.3. The predicted molar refractivity (Wildman–Crippen MR) is 42.5 cm³/mol. The van der Waals surface area contributed by atoms with Crippen LogP contribution < -0.4 is 0 Å². The monoisotopic (exact) mass is 186 g/mol. The SMILES string of the molecule is CCC(=O)OC(=O)/C=C/C(=O)OC. The summed E-state index contributed by atoms with van der Waals surface area (Å²) in [6, 6.07) is 0. The molecule has 0 aliphatic heterocycles. The molecule has 0 aliphatic rings. The molecule has 0 heterocycles. The minimum Gasteiger partial charge on any atom is -0.466 e. The summed E-state index contributed by atoms with van der Waals surface area (Å²) in [5, 5.41) is 0. The van der Waals surface area contributed by atoms with Crippen LogP contribution in [0.4, 0.5) is 0 Å². The van der Waals surface area contributed by atoms with Gasteiger partial charge < -0.3 is 9.47 Å². The molecule has 0 saturated heterocycles. The third-order valence-electron chi connectivity index (χ3n) is 1.06. The van der Waals surface area contributed by atoms with E-state index in [2.05, 4.69) is 9.47 Å². The fourth-order valence-electron chi connectivity index (χ4n) is 0.423. The van der Waals surface area contributed by atoms with E-state index in [0.717, 1.165) is 12.2 Å². The molecule has 5 heteroatoms. The van der Waals surface area contributed by atoms with Gasteiger partial charge in [0.1, 0.15) is 0 Å². The molecule has 0 aromatic carbocycles. The van der Waals surface area contributed by atoms with Crippen molar-refractivity contribution in [1.29, 1.82) is 0 Å². The summed E-state index contributed by atoms with van der Waals surface area (Å²) in [5.74, 6) is -2.20. The van der Waals surface area contributed by atoms with Gasteiger partial charge >= 0.3 is 17.9 Å². The van der Waals surface area contributed by atoms with Crippen molar-refractivity contribution in [1.82, 2.24) is 0 Å². The smallest absolute Gasteiger partial charge is 0.338 e. The quantitative estimate of drug-likeness (QED) is 0.357. The van der Waals surface area contributed by atoms with Gasteiger partial charge in [0, 0.05) is 18.6 Å². The molecular weight excluding hydrogens is 176 g/mol. The standard InChI is InChI=1S/C8H10O5/c1-3-6(9)13-8(11)5-4-7(10)12-2/h4-5H,3H2,1-2H3/b5-4+. The van der Waals surface area contributed by atoms with E-state index in [1.54, 1.807) is 6.92 Å². The van der Waals surface area contributed by atoms with E-state index in [4.69, 9.17) is 0 Å². The van der Waals surface area contributed by atoms with Gasteiger partial charge in [-0.15, -0.1) is 0 Å². The molecule has 0 aromatic heterocycles. The highest BCUT2D eigenvalue weighted by atomic mass is 16.6. The van der Waals surface area contributed by atoms with Gasteiger partial charge in [-0.2, -0.15) is 0 Å². The van der Waals surface area contributed by atoms with Crippen LogP contribution in [-0.4, -0.2) is 25.0 Å². The number of rotatable bonds is 3. The molecular formula is C8H10O5. The summed E-state index contributed by atoms with van der Waals surface area (Å²) < 4.78 is 8.44. The van der Waals surface area contributed by atoms with Crippen molar-refractivity contribution in [3.05, 3.63) is 12.2 Å². The largest absolute Gasteiger partial charge is 0.466 e. The van der Waals surface area contributed by atoms with Crippen molar-refractivity contribution < 1.29 is 23.9 Å². The first-order valence-electron chi connectivity index (χ1n) is 3.60. The lowest BCUT2D eigenvalue weighted by Crippen LogP contribution is -2.09. The van der Waals surface area contributed by atoms with Crippen molar-refractivity contribution in [3.8, 4) is 0 Å². The van der Waals surface area contributed by atoms with Crippen molar-refractivity contribution >= 4 is 17.9 Å². The van der Waals surface area contributed by atoms with Gasteiger partial charge in [-0.1, -0.05) is 6.92 Å². The van der Waals surface area contributed by atoms with Gasteiger partial charge in [0.05, 0.1) is 7.11 Å². The number of hydrogen-bond acceptors (Lipinski definition) is 5. The highest BCUT2D eigenvalue weighted by molar-refractivity contribution is 5.96. The van der Waals surface area contributed by atoms with Crippen LogP contribution in [0.3, 0.4) is 0 Å². The summed E-state index contributed by atoms with van der Waals surface area (Å²) in [7, 11) is 1.18. The normalized spacial score (nSPS) is 9.69. The average Bonchev–Trinajstić information content (AvgIpc) is 2.13. The molecule has 0 aliphatic carbocycles. The van der Waals surface area contributed by atoms with E-state index in [1.807, 2.05) is 0 Å². The predicted octanol–water partition coefficient (Wildman–Crippen LogP) is 0.195. The Balaban J connectivity index is 3.94. The van der Waals surface area contributed by atoms with Crippen LogP contribution in [0, 0.1) is 0 Å². The highest BCUT2D eigenvalue weighted by Gasteiger charge is 2.04. The molecule has 0 radical (unpaired) electrons. The molecule has 0 fully saturated rings. The minimum atomic E-state index is -0.878. The van der Waals surface area contributed by atoms with Crippen LogP contribution in [0.1, 0.15) is 13.3 Å². The number of ether oxygens (including phenoxy) is 2. The van der Waals surface area contributed by atoms with Crippen LogP contribution in [-0.2, 0) is 23.9 Å². The fourth-order valence-corrected chi connectivity index (χ4v) is 0.423. The maximum absolute atomic E-state index is 10.7. The Hall–Kier alpha value is -1.65. The molecule has 0 saturated carbocycles. The van der Waals surface area contributed by atoms with Crippen LogP contribution in [0.5, 0.6) is 0 Å². The molecule has 0 atom stereocenters. The van der Waals surface area contributed by atoms with Crippen molar-refractivity contribution in [2.24, 2.45) is 0 Å². The second kappa shape index (κ2) is 5.93. The molecule has 0 N–H and O–H groups in total. The van der Waals surface area contributed by atoms with Gasteiger partial charge in [0.15, 0.2) is 0 Å². The average molecular weight is 186 g/mol. The third kappa shape index (κ3) is 5.60. The molecule has 72 valence electrons. The second-order valence-electron chi connectivity index (χ2n) is 2.00. The Morgan fingerprint density at radius 1 is 1.15 bits per heavy atom. The van der Waals surface area contributed by atoms with Crippen LogP contribution in [0.2, 0.25) is 0 Å². The Morgan fingerprint density at radius 3 is 2.15 bits per heavy atom. The van der Waals surface area contributed by atoms with E-state index in [1.165, 1.54) is 7.11 Å². The summed E-state index contributed by atoms with van der Waals surface area (Å²) in [5.41, 5.74) is 0. The van der Waals surface area contributed by atoms with E-state index in [0.29, 0.717) is 0 Å². The van der Waals surface area contributed by atoms with Gasteiger partial charge in [0.25, 0.3) is 0 Å². The zero-order valence-electron chi connectivity index (χ0n) is 7.40. The lowest BCUT2D eigenvalue weighted by molar-refractivity contribution is -0.156. The Morgan fingerprint density at radius 2 is 1.69 bits per heavy atom. The van der Waals surface area contributed by atoms with E-state index in [9.17, 15) is 14.4 Å². The summed E-state index contributed by atoms with van der Waals surface area (Å²) in [6.07, 6.45) is 1.82. The first kappa shape index (κ1) is 11.4. The zero-order valence-corrected chi connectivity index (χ0v) is 7.40. The Kier molecular flexibility index (Phi) is 5.18. The summed E-state index contributed by atoms with van der Waals surface area (Å²) >= 11 is 0. The molecule has 0 bridgehead atoms. The van der Waals surface area contributed by atoms with Gasteiger partial charge in [-0.25, -0.2) is 9.59 Å². The molecule has 5 nitrogen and oxygen atoms in total. The minimum absolute atomic E-state index is 0.109. The molecule has 0 spiro atoms. The van der Waals surface area contributed by atoms with E-state index in [-0.39, 0.29) is 6.42 Å². The van der Waals surface area contributed by atoms with E-state index >= 15 is 0 Å². The summed E-state index contributed by atoms with van der Waals surface area (Å²) in [6.45, 7) is 1.56. The number of methoxy groups -OCH3 is 1. The van der Waals surface area contributed by atoms with Crippen molar-refractivity contribution in [2.75, 3.05) is 7.11 Å². The molecule has 13 heavy (non-hydrogen) atoms. The van der Waals surface area contributed by atoms with Crippen LogP contribution >= 0.6 is 0 Å². The topological polar surface area (TPSA) is 69.7 Å². The number of esters is 3. The highest BCUT2D eigenvalue weighted by Crippen LogP contribution is 1.88. The Labute approximate surface area is 75.3 Å². The summed E-state index contributed by atoms with van der Waals surface area (Å²) in [4.78, 5) is 31.7. The number of carbonyl (C=O) groups excluding carboxylic acids is 3. The molecule has 0 rings (SSSR count). The van der Waals surface area contributed by atoms with Crippen LogP contribution in [0.15, 0.2) is 12.2 Å². The lowest BCUT2D eigenvalue weighted by atomic mass is 10.5. The lowest BCUT2D eigenvalue weighted by Gasteiger charge is -1.94. The first-order chi connectivity index (χ1) is 6.10. The number of carbonyl (C=O) groups is 3. The van der Waals surface area contributed by atoms with Crippen molar-refractivity contribution in [3.63, 3.8) is 0 Å². The Bertz CT molecular complexity index is 241. The van der Waals surface area contributed by atoms with Crippen LogP contribution in [0.25, 0.3) is 0 Å². The molecule has 0 amide bonds. The maximum Gasteiger partial charge on any atom is 0.338 e. The van der Waals surface area contributed by atoms with Gasteiger partial charge in [0.2, 0.25) is 0 Å². The number of hydrogen-bond donors (Lipinski definition) is 0. The van der Waals surface area contributed by atoms with Gasteiger partial charge in [-0.05, 0) is 0 Å². The van der Waals surface area contributed by atoms with Gasteiger partial charge in [-0.3, -0.25) is 4.79 Å². The molecule has 0 unspecified atom stereocenters. The molecule has 0 aromatic rings. The third-order valence-corrected chi connectivity index (χ3v) is 1.06. The van der Waals surface area contributed by atoms with E-state index < -0.39 is 17.9 Å². The first-order valence-corrected chi connectivity index (χ1v) is 3.60. The second-order valence-corrected chi connectivity index (χ2v) is 2.00. The van der Waals surface area contributed by atoms with Crippen molar-refractivity contribution in [2.45, 2.75) is 13.3 Å². The maximum atomic E-state index is 10.7. The fraction of sp³-hybridized carbons (Fsp3) is 0.375.